The number of hydrogen-bond acceptors (Lipinski definition) is 4. The Kier molecular flexibility index (Phi) is 4.82. The summed E-state index contributed by atoms with van der Waals surface area (Å²) in [6.45, 7) is 6.21. The smallest absolute Gasteiger partial charge is 0.164 e. The number of carbonyl (C=O) groups excluding carboxylic acids is 1. The minimum atomic E-state index is -0.00317. The molecule has 0 aliphatic heterocycles. The zero-order valence-corrected chi connectivity index (χ0v) is 10.6. The molecule has 0 bridgehead atoms. The molecular formula is C13H18O4. The van der Waals surface area contributed by atoms with Crippen LogP contribution in [0.2, 0.25) is 0 Å². The highest BCUT2D eigenvalue weighted by atomic mass is 16.5. The highest BCUT2D eigenvalue weighted by molar-refractivity contribution is 5.81. The standard InChI is InChI=1S/C13H18O4/c1-5-16-13-7-11(17-9(2)3)10(8-14)6-12(13)15-4/h6-9H,5H2,1-4H3. The molecule has 0 radical (unpaired) electrons. The van der Waals surface area contributed by atoms with Gasteiger partial charge in [-0.2, -0.15) is 0 Å². The van der Waals surface area contributed by atoms with Crippen molar-refractivity contribution < 1.29 is 19.0 Å². The summed E-state index contributed by atoms with van der Waals surface area (Å²) in [6.07, 6.45) is 0.743. The monoisotopic (exact) mass is 238 g/mol. The van der Waals surface area contributed by atoms with Crippen LogP contribution in [-0.4, -0.2) is 26.1 Å². The first-order chi connectivity index (χ1) is 8.12. The fraction of sp³-hybridized carbons (Fsp3) is 0.462. The molecule has 4 nitrogen and oxygen atoms in total. The first kappa shape index (κ1) is 13.4. The van der Waals surface area contributed by atoms with Crippen LogP contribution in [0, 0.1) is 0 Å². The van der Waals surface area contributed by atoms with Crippen LogP contribution in [0.1, 0.15) is 31.1 Å². The number of methoxy groups -OCH3 is 1. The molecule has 0 aliphatic rings. The number of hydrogen-bond donors (Lipinski definition) is 0. The molecular weight excluding hydrogens is 220 g/mol. The van der Waals surface area contributed by atoms with Crippen molar-refractivity contribution in [2.24, 2.45) is 0 Å². The van der Waals surface area contributed by atoms with E-state index in [-0.39, 0.29) is 6.10 Å². The van der Waals surface area contributed by atoms with E-state index in [0.717, 1.165) is 6.29 Å². The molecule has 0 unspecified atom stereocenters. The number of ether oxygens (including phenoxy) is 3. The summed E-state index contributed by atoms with van der Waals surface area (Å²) in [6, 6.07) is 3.31. The summed E-state index contributed by atoms with van der Waals surface area (Å²) in [5.74, 6) is 1.63. The molecule has 1 aromatic carbocycles. The van der Waals surface area contributed by atoms with E-state index in [1.807, 2.05) is 20.8 Å². The Morgan fingerprint density at radius 3 is 2.41 bits per heavy atom. The maximum absolute atomic E-state index is 11.0. The predicted octanol–water partition coefficient (Wildman–Crippen LogP) is 2.69. The molecule has 0 spiro atoms. The summed E-state index contributed by atoms with van der Waals surface area (Å²) in [5.41, 5.74) is 0.457. The zero-order chi connectivity index (χ0) is 12.8. The quantitative estimate of drug-likeness (QED) is 0.715. The van der Waals surface area contributed by atoms with Gasteiger partial charge in [0.05, 0.1) is 25.4 Å². The zero-order valence-electron chi connectivity index (χ0n) is 10.6. The predicted molar refractivity (Wildman–Crippen MR) is 65.3 cm³/mol. The first-order valence-corrected chi connectivity index (χ1v) is 5.59. The number of rotatable bonds is 6. The molecule has 4 heteroatoms. The van der Waals surface area contributed by atoms with Gasteiger partial charge in [0.15, 0.2) is 17.8 Å². The molecule has 0 aliphatic carbocycles. The van der Waals surface area contributed by atoms with E-state index in [2.05, 4.69) is 0 Å². The van der Waals surface area contributed by atoms with Crippen molar-refractivity contribution in [2.75, 3.05) is 13.7 Å². The Labute approximate surface area is 101 Å². The van der Waals surface area contributed by atoms with Crippen molar-refractivity contribution in [2.45, 2.75) is 26.9 Å². The maximum atomic E-state index is 11.0. The van der Waals surface area contributed by atoms with Gasteiger partial charge in [-0.05, 0) is 26.8 Å². The van der Waals surface area contributed by atoms with Gasteiger partial charge < -0.3 is 14.2 Å². The SMILES string of the molecule is CCOc1cc(OC(C)C)c(C=O)cc1OC. The minimum absolute atomic E-state index is 0.00317. The van der Waals surface area contributed by atoms with Crippen molar-refractivity contribution in [3.8, 4) is 17.2 Å². The topological polar surface area (TPSA) is 44.8 Å². The van der Waals surface area contributed by atoms with Crippen LogP contribution >= 0.6 is 0 Å². The van der Waals surface area contributed by atoms with Crippen LogP contribution in [-0.2, 0) is 0 Å². The Morgan fingerprint density at radius 1 is 1.24 bits per heavy atom. The van der Waals surface area contributed by atoms with Crippen molar-refractivity contribution in [3.63, 3.8) is 0 Å². The molecule has 0 saturated heterocycles. The third-order valence-corrected chi connectivity index (χ3v) is 2.09. The number of benzene rings is 1. The highest BCUT2D eigenvalue weighted by Gasteiger charge is 2.13. The lowest BCUT2D eigenvalue weighted by Crippen LogP contribution is -2.08. The van der Waals surface area contributed by atoms with Gasteiger partial charge in [0.2, 0.25) is 0 Å². The molecule has 0 N–H and O–H groups in total. The largest absolute Gasteiger partial charge is 0.493 e. The molecule has 0 atom stereocenters. The Bertz CT molecular complexity index is 385. The molecule has 1 rings (SSSR count). The third kappa shape index (κ3) is 3.37. The van der Waals surface area contributed by atoms with E-state index in [4.69, 9.17) is 14.2 Å². The third-order valence-electron chi connectivity index (χ3n) is 2.09. The Morgan fingerprint density at radius 2 is 1.94 bits per heavy atom. The van der Waals surface area contributed by atoms with Gasteiger partial charge in [-0.15, -0.1) is 0 Å². The summed E-state index contributed by atoms with van der Waals surface area (Å²) in [4.78, 5) is 11.0. The molecule has 0 aromatic heterocycles. The maximum Gasteiger partial charge on any atom is 0.164 e. The fourth-order valence-corrected chi connectivity index (χ4v) is 1.43. The highest BCUT2D eigenvalue weighted by Crippen LogP contribution is 2.34. The van der Waals surface area contributed by atoms with Gasteiger partial charge in [0.1, 0.15) is 5.75 Å². The number of carbonyl (C=O) groups is 1. The van der Waals surface area contributed by atoms with E-state index < -0.39 is 0 Å². The Hall–Kier alpha value is -1.71. The van der Waals surface area contributed by atoms with E-state index in [1.165, 1.54) is 7.11 Å². The van der Waals surface area contributed by atoms with Gasteiger partial charge in [0.25, 0.3) is 0 Å². The van der Waals surface area contributed by atoms with Crippen LogP contribution < -0.4 is 14.2 Å². The van der Waals surface area contributed by atoms with Crippen LogP contribution in [0.4, 0.5) is 0 Å². The summed E-state index contributed by atoms with van der Waals surface area (Å²) in [5, 5.41) is 0. The minimum Gasteiger partial charge on any atom is -0.493 e. The van der Waals surface area contributed by atoms with Crippen LogP contribution in [0.3, 0.4) is 0 Å². The molecule has 17 heavy (non-hydrogen) atoms. The molecule has 1 aromatic rings. The Balaban J connectivity index is 3.18. The average Bonchev–Trinajstić information content (AvgIpc) is 2.29. The van der Waals surface area contributed by atoms with Gasteiger partial charge in [-0.25, -0.2) is 0 Å². The molecule has 0 heterocycles. The average molecular weight is 238 g/mol. The van der Waals surface area contributed by atoms with Gasteiger partial charge in [-0.3, -0.25) is 4.79 Å². The molecule has 0 fully saturated rings. The van der Waals surface area contributed by atoms with Gasteiger partial charge in [-0.1, -0.05) is 0 Å². The van der Waals surface area contributed by atoms with Crippen molar-refractivity contribution in [3.05, 3.63) is 17.7 Å². The first-order valence-electron chi connectivity index (χ1n) is 5.59. The lowest BCUT2D eigenvalue weighted by atomic mass is 10.2. The normalized spacial score (nSPS) is 10.2. The van der Waals surface area contributed by atoms with E-state index in [0.29, 0.717) is 29.4 Å². The van der Waals surface area contributed by atoms with E-state index >= 15 is 0 Å². The number of aldehydes is 1. The van der Waals surface area contributed by atoms with Crippen molar-refractivity contribution in [1.29, 1.82) is 0 Å². The molecule has 0 amide bonds. The van der Waals surface area contributed by atoms with Crippen LogP contribution in [0.15, 0.2) is 12.1 Å². The van der Waals surface area contributed by atoms with E-state index in [1.54, 1.807) is 12.1 Å². The summed E-state index contributed by atoms with van der Waals surface area (Å²) >= 11 is 0. The van der Waals surface area contributed by atoms with Gasteiger partial charge >= 0.3 is 0 Å². The molecule has 94 valence electrons. The summed E-state index contributed by atoms with van der Waals surface area (Å²) in [7, 11) is 1.54. The second-order valence-electron chi connectivity index (χ2n) is 3.76. The van der Waals surface area contributed by atoms with Crippen molar-refractivity contribution >= 4 is 6.29 Å². The lowest BCUT2D eigenvalue weighted by Gasteiger charge is -2.15. The van der Waals surface area contributed by atoms with Gasteiger partial charge in [0, 0.05) is 6.07 Å². The molecule has 0 saturated carbocycles. The lowest BCUT2D eigenvalue weighted by molar-refractivity contribution is 0.111. The summed E-state index contributed by atoms with van der Waals surface area (Å²) < 4.78 is 16.1. The fourth-order valence-electron chi connectivity index (χ4n) is 1.43. The van der Waals surface area contributed by atoms with E-state index in [9.17, 15) is 4.79 Å². The second-order valence-corrected chi connectivity index (χ2v) is 3.76. The van der Waals surface area contributed by atoms with Crippen LogP contribution in [0.5, 0.6) is 17.2 Å². The van der Waals surface area contributed by atoms with Crippen LogP contribution in [0.25, 0.3) is 0 Å². The van der Waals surface area contributed by atoms with Crippen molar-refractivity contribution in [1.82, 2.24) is 0 Å². The second kappa shape index (κ2) is 6.13.